The van der Waals surface area contributed by atoms with Gasteiger partial charge in [-0.2, -0.15) is 0 Å². The Morgan fingerprint density at radius 1 is 1.33 bits per heavy atom. The smallest absolute Gasteiger partial charge is 0.192 e. The Hall–Kier alpha value is -2.81. The van der Waals surface area contributed by atoms with E-state index >= 15 is 0 Å². The molecule has 1 saturated heterocycles. The summed E-state index contributed by atoms with van der Waals surface area (Å²) in [7, 11) is 1.91. The number of rotatable bonds is 7. The van der Waals surface area contributed by atoms with Crippen LogP contribution in [-0.4, -0.2) is 51.3 Å². The van der Waals surface area contributed by atoms with Crippen molar-refractivity contribution < 1.29 is 8.78 Å². The molecule has 0 aliphatic carbocycles. The Balaban J connectivity index is 1.64. The van der Waals surface area contributed by atoms with Crippen LogP contribution in [0.2, 0.25) is 0 Å². The number of likely N-dealkylation sites (tertiary alicyclic amines) is 1. The van der Waals surface area contributed by atoms with Gasteiger partial charge in [0.05, 0.1) is 0 Å². The third kappa shape index (κ3) is 5.63. The number of halogens is 2. The van der Waals surface area contributed by atoms with Crippen molar-refractivity contribution in [3.63, 3.8) is 0 Å². The molecule has 2 N–H and O–H groups in total. The van der Waals surface area contributed by atoms with Crippen LogP contribution in [0.15, 0.2) is 35.8 Å². The molecule has 162 valence electrons. The number of hydrogen-bond donors (Lipinski definition) is 2. The molecule has 1 aliphatic heterocycles. The highest BCUT2D eigenvalue weighted by Crippen LogP contribution is 2.18. The molecular weight excluding hydrogens is 388 g/mol. The molecule has 2 heterocycles. The molecule has 2 aromatic rings. The second-order valence-corrected chi connectivity index (χ2v) is 7.48. The first kappa shape index (κ1) is 21.9. The first-order valence-corrected chi connectivity index (χ1v) is 10.1. The first-order valence-electron chi connectivity index (χ1n) is 10.1. The van der Waals surface area contributed by atoms with Crippen molar-refractivity contribution in [3.8, 4) is 0 Å². The van der Waals surface area contributed by atoms with E-state index in [2.05, 4.69) is 37.3 Å². The summed E-state index contributed by atoms with van der Waals surface area (Å²) in [6.45, 7) is 8.32. The summed E-state index contributed by atoms with van der Waals surface area (Å²) >= 11 is 0. The minimum Gasteiger partial charge on any atom is -0.353 e. The van der Waals surface area contributed by atoms with Gasteiger partial charge in [0.1, 0.15) is 24.0 Å². The van der Waals surface area contributed by atoms with Gasteiger partial charge in [0.25, 0.3) is 0 Å². The fourth-order valence-corrected chi connectivity index (χ4v) is 3.48. The van der Waals surface area contributed by atoms with Crippen molar-refractivity contribution in [3.05, 3.63) is 59.7 Å². The van der Waals surface area contributed by atoms with E-state index in [1.807, 2.05) is 18.5 Å². The average molecular weight is 418 g/mol. The quantitative estimate of drug-likeness (QED) is 0.411. The van der Waals surface area contributed by atoms with Gasteiger partial charge < -0.3 is 15.2 Å². The highest BCUT2D eigenvalue weighted by Gasteiger charge is 2.23. The van der Waals surface area contributed by atoms with Crippen LogP contribution >= 0.6 is 0 Å². The van der Waals surface area contributed by atoms with Gasteiger partial charge in [0, 0.05) is 38.3 Å². The summed E-state index contributed by atoms with van der Waals surface area (Å²) in [4.78, 5) is 6.69. The molecule has 30 heavy (non-hydrogen) atoms. The average Bonchev–Trinajstić information content (AvgIpc) is 3.05. The first-order chi connectivity index (χ1) is 14.5. The molecule has 1 aromatic carbocycles. The number of nitrogens with one attached hydrogen (secondary N) is 2. The topological polar surface area (TPSA) is 70.4 Å². The van der Waals surface area contributed by atoms with E-state index in [0.29, 0.717) is 25.6 Å². The number of benzene rings is 1. The number of piperidine rings is 1. The maximum atomic E-state index is 14.0. The number of aliphatic imine (C=N–C) groups is 1. The fourth-order valence-electron chi connectivity index (χ4n) is 3.48. The standard InChI is InChI=1S/C21H29F2N7/c1-4-10-24-21(25-12-20-28-27-15(2)29(20)3)26-16-7-6-11-30(13-16)14-17-18(22)8-5-9-19(17)23/h4-5,8-9,16H,1,6-7,10-14H2,2-3H3,(H2,24,25,26). The van der Waals surface area contributed by atoms with Gasteiger partial charge in [-0.15, -0.1) is 16.8 Å². The van der Waals surface area contributed by atoms with E-state index < -0.39 is 11.6 Å². The summed E-state index contributed by atoms with van der Waals surface area (Å²) in [6, 6.07) is 4.11. The van der Waals surface area contributed by atoms with Gasteiger partial charge in [-0.1, -0.05) is 12.1 Å². The molecule has 0 amide bonds. The predicted octanol–water partition coefficient (Wildman–Crippen LogP) is 2.29. The second kappa shape index (κ2) is 10.3. The zero-order valence-electron chi connectivity index (χ0n) is 17.5. The predicted molar refractivity (Wildman–Crippen MR) is 113 cm³/mol. The van der Waals surface area contributed by atoms with E-state index in [1.54, 1.807) is 6.08 Å². The van der Waals surface area contributed by atoms with Gasteiger partial charge in [-0.05, 0) is 38.4 Å². The Kier molecular flexibility index (Phi) is 7.51. The van der Waals surface area contributed by atoms with Gasteiger partial charge in [0.15, 0.2) is 11.8 Å². The third-order valence-electron chi connectivity index (χ3n) is 5.26. The molecule has 0 spiro atoms. The van der Waals surface area contributed by atoms with Crippen LogP contribution in [0.4, 0.5) is 8.78 Å². The molecule has 1 atom stereocenters. The lowest BCUT2D eigenvalue weighted by Crippen LogP contribution is -2.51. The summed E-state index contributed by atoms with van der Waals surface area (Å²) in [5.74, 6) is 1.25. The lowest BCUT2D eigenvalue weighted by atomic mass is 10.0. The molecule has 0 bridgehead atoms. The van der Waals surface area contributed by atoms with Gasteiger partial charge in [-0.3, -0.25) is 4.90 Å². The Labute approximate surface area is 175 Å². The maximum absolute atomic E-state index is 14.0. The summed E-state index contributed by atoms with van der Waals surface area (Å²) in [6.07, 6.45) is 3.65. The molecule has 1 aliphatic rings. The number of guanidine groups is 1. The van der Waals surface area contributed by atoms with Crippen LogP contribution in [0, 0.1) is 18.6 Å². The lowest BCUT2D eigenvalue weighted by Gasteiger charge is -2.34. The molecule has 9 heteroatoms. The summed E-state index contributed by atoms with van der Waals surface area (Å²) in [5, 5.41) is 14.9. The van der Waals surface area contributed by atoms with Crippen LogP contribution in [0.5, 0.6) is 0 Å². The van der Waals surface area contributed by atoms with Gasteiger partial charge in [0.2, 0.25) is 0 Å². The van der Waals surface area contributed by atoms with E-state index in [-0.39, 0.29) is 18.2 Å². The Morgan fingerprint density at radius 2 is 2.10 bits per heavy atom. The van der Waals surface area contributed by atoms with Crippen LogP contribution in [0.25, 0.3) is 0 Å². The molecule has 1 aromatic heterocycles. The van der Waals surface area contributed by atoms with Crippen molar-refractivity contribution in [1.82, 2.24) is 30.3 Å². The molecular formula is C21H29F2N7. The van der Waals surface area contributed by atoms with Crippen LogP contribution in [0.1, 0.15) is 30.1 Å². The van der Waals surface area contributed by atoms with Crippen molar-refractivity contribution in [2.75, 3.05) is 19.6 Å². The van der Waals surface area contributed by atoms with E-state index in [9.17, 15) is 8.78 Å². The van der Waals surface area contributed by atoms with Crippen molar-refractivity contribution in [1.29, 1.82) is 0 Å². The largest absolute Gasteiger partial charge is 0.353 e. The number of nitrogens with zero attached hydrogens (tertiary/aromatic N) is 5. The minimum atomic E-state index is -0.501. The third-order valence-corrected chi connectivity index (χ3v) is 5.26. The highest BCUT2D eigenvalue weighted by molar-refractivity contribution is 5.80. The zero-order valence-corrected chi connectivity index (χ0v) is 17.5. The van der Waals surface area contributed by atoms with Crippen molar-refractivity contribution in [2.24, 2.45) is 12.0 Å². The van der Waals surface area contributed by atoms with E-state index in [1.165, 1.54) is 18.2 Å². The Bertz CT molecular complexity index is 873. The van der Waals surface area contributed by atoms with Gasteiger partial charge in [-0.25, -0.2) is 13.8 Å². The van der Waals surface area contributed by atoms with Crippen molar-refractivity contribution >= 4 is 5.96 Å². The molecule has 0 saturated carbocycles. The van der Waals surface area contributed by atoms with Crippen LogP contribution < -0.4 is 10.6 Å². The minimum absolute atomic E-state index is 0.117. The van der Waals surface area contributed by atoms with E-state index in [0.717, 1.165) is 31.0 Å². The fraction of sp³-hybridized carbons (Fsp3) is 0.476. The number of aryl methyl sites for hydroxylation is 1. The maximum Gasteiger partial charge on any atom is 0.192 e. The highest BCUT2D eigenvalue weighted by atomic mass is 19.1. The monoisotopic (exact) mass is 417 g/mol. The number of hydrogen-bond acceptors (Lipinski definition) is 4. The molecule has 1 fully saturated rings. The Morgan fingerprint density at radius 3 is 2.77 bits per heavy atom. The van der Waals surface area contributed by atoms with E-state index in [4.69, 9.17) is 0 Å². The van der Waals surface area contributed by atoms with Crippen LogP contribution in [-0.2, 0) is 20.1 Å². The second-order valence-electron chi connectivity index (χ2n) is 7.48. The number of aromatic nitrogens is 3. The lowest BCUT2D eigenvalue weighted by molar-refractivity contribution is 0.188. The van der Waals surface area contributed by atoms with Crippen LogP contribution in [0.3, 0.4) is 0 Å². The van der Waals surface area contributed by atoms with Gasteiger partial charge >= 0.3 is 0 Å². The molecule has 3 rings (SSSR count). The zero-order chi connectivity index (χ0) is 21.5. The molecule has 1 unspecified atom stereocenters. The summed E-state index contributed by atoms with van der Waals surface area (Å²) < 4.78 is 29.9. The molecule has 0 radical (unpaired) electrons. The summed E-state index contributed by atoms with van der Waals surface area (Å²) in [5.41, 5.74) is 0.120. The SMILES string of the molecule is C=CCNC(=NCc1nnc(C)n1C)NC1CCCN(Cc2c(F)cccc2F)C1. The molecule has 7 nitrogen and oxygen atoms in total. The normalized spacial score (nSPS) is 17.7. The van der Waals surface area contributed by atoms with Crippen molar-refractivity contribution in [2.45, 2.75) is 38.9 Å².